The van der Waals surface area contributed by atoms with Crippen molar-refractivity contribution in [3.05, 3.63) is 56.7 Å². The van der Waals surface area contributed by atoms with Gasteiger partial charge in [0.1, 0.15) is 0 Å². The zero-order valence-corrected chi connectivity index (χ0v) is 12.9. The molecule has 0 amide bonds. The van der Waals surface area contributed by atoms with Crippen LogP contribution in [-0.2, 0) is 0 Å². The molecule has 1 aromatic carbocycles. The van der Waals surface area contributed by atoms with Crippen molar-refractivity contribution in [3.63, 3.8) is 0 Å². The number of thiophene rings is 1. The Balaban J connectivity index is 2.08. The van der Waals surface area contributed by atoms with Crippen LogP contribution in [0.25, 0.3) is 6.08 Å². The Morgan fingerprint density at radius 2 is 1.94 bits per heavy atom. The van der Waals surface area contributed by atoms with Crippen molar-refractivity contribution in [1.82, 2.24) is 0 Å². The van der Waals surface area contributed by atoms with E-state index in [4.69, 9.17) is 0 Å². The number of benzene rings is 1. The van der Waals surface area contributed by atoms with Crippen molar-refractivity contribution in [3.8, 4) is 0 Å². The first-order chi connectivity index (χ1) is 8.69. The van der Waals surface area contributed by atoms with Crippen molar-refractivity contribution in [2.45, 2.75) is 4.90 Å². The average molecular weight is 339 g/mol. The Kier molecular flexibility index (Phi) is 4.80. The summed E-state index contributed by atoms with van der Waals surface area (Å²) in [4.78, 5) is 13.8. The van der Waals surface area contributed by atoms with Gasteiger partial charge in [-0.3, -0.25) is 4.79 Å². The quantitative estimate of drug-likeness (QED) is 0.436. The summed E-state index contributed by atoms with van der Waals surface area (Å²) in [6.07, 6.45) is 5.51. The highest BCUT2D eigenvalue weighted by Crippen LogP contribution is 2.23. The van der Waals surface area contributed by atoms with Gasteiger partial charge in [0, 0.05) is 4.90 Å². The lowest BCUT2D eigenvalue weighted by Crippen LogP contribution is -1.88. The fourth-order valence-corrected chi connectivity index (χ4v) is 3.13. The van der Waals surface area contributed by atoms with Crippen LogP contribution in [0.4, 0.5) is 0 Å². The summed E-state index contributed by atoms with van der Waals surface area (Å²) < 4.78 is 0.976. The lowest BCUT2D eigenvalue weighted by Gasteiger charge is -1.96. The zero-order valence-electron chi connectivity index (χ0n) is 9.72. The van der Waals surface area contributed by atoms with Gasteiger partial charge < -0.3 is 0 Å². The molecule has 4 heteroatoms. The molecule has 0 fully saturated rings. The lowest BCUT2D eigenvalue weighted by molar-refractivity contribution is 0.105. The van der Waals surface area contributed by atoms with E-state index in [1.165, 1.54) is 16.2 Å². The van der Waals surface area contributed by atoms with Crippen LogP contribution in [0.2, 0.25) is 0 Å². The van der Waals surface area contributed by atoms with Crippen molar-refractivity contribution in [2.75, 3.05) is 6.26 Å². The number of carbonyl (C=O) groups excluding carboxylic acids is 1. The highest BCUT2D eigenvalue weighted by Gasteiger charge is 2.04. The lowest BCUT2D eigenvalue weighted by atomic mass is 10.2. The van der Waals surface area contributed by atoms with Crippen molar-refractivity contribution >= 4 is 50.9 Å². The van der Waals surface area contributed by atoms with Crippen LogP contribution < -0.4 is 0 Å². The Morgan fingerprint density at radius 1 is 1.22 bits per heavy atom. The largest absolute Gasteiger partial charge is 0.288 e. The molecule has 0 saturated carbocycles. The number of thioether (sulfide) groups is 1. The molecule has 0 aliphatic heterocycles. The van der Waals surface area contributed by atoms with Gasteiger partial charge in [0.05, 0.1) is 8.66 Å². The second-order valence-electron chi connectivity index (χ2n) is 3.57. The summed E-state index contributed by atoms with van der Waals surface area (Å²) in [5, 5.41) is 0. The Labute approximate surface area is 123 Å². The summed E-state index contributed by atoms with van der Waals surface area (Å²) in [7, 11) is 0. The number of hydrogen-bond acceptors (Lipinski definition) is 3. The number of carbonyl (C=O) groups is 1. The molecular weight excluding hydrogens is 328 g/mol. The van der Waals surface area contributed by atoms with Gasteiger partial charge in [-0.15, -0.1) is 23.1 Å². The molecule has 0 atom stereocenters. The summed E-state index contributed by atoms with van der Waals surface area (Å²) in [6, 6.07) is 11.9. The third-order valence-electron chi connectivity index (χ3n) is 2.36. The smallest absolute Gasteiger partial charge is 0.195 e. The van der Waals surface area contributed by atoms with E-state index in [1.54, 1.807) is 17.8 Å². The molecule has 0 aliphatic rings. The first kappa shape index (κ1) is 13.6. The first-order valence-corrected chi connectivity index (χ1v) is 8.14. The average Bonchev–Trinajstić information content (AvgIpc) is 2.83. The van der Waals surface area contributed by atoms with E-state index in [9.17, 15) is 4.79 Å². The summed E-state index contributed by atoms with van der Waals surface area (Å²) in [5.41, 5.74) is 1.04. The molecule has 0 radical (unpaired) electrons. The normalized spacial score (nSPS) is 11.0. The number of rotatable bonds is 4. The Bertz CT molecular complexity index is 570. The molecule has 0 bridgehead atoms. The van der Waals surface area contributed by atoms with Crippen LogP contribution in [0, 0.1) is 0 Å². The van der Waals surface area contributed by atoms with Crippen LogP contribution in [0.3, 0.4) is 0 Å². The molecule has 1 heterocycles. The van der Waals surface area contributed by atoms with E-state index in [0.29, 0.717) is 0 Å². The number of hydrogen-bond donors (Lipinski definition) is 0. The standard InChI is InChI=1S/C14H11BrOS2/c1-17-11-5-2-10(3-6-11)4-7-12(16)13-8-9-14(15)18-13/h2-9H,1H3/b7-4+. The third kappa shape index (κ3) is 3.57. The third-order valence-corrected chi connectivity index (χ3v) is 4.74. The maximum atomic E-state index is 11.9. The molecule has 2 aromatic rings. The van der Waals surface area contributed by atoms with Crippen LogP contribution in [-0.4, -0.2) is 12.0 Å². The van der Waals surface area contributed by atoms with Gasteiger partial charge in [-0.1, -0.05) is 18.2 Å². The number of ketones is 1. The monoisotopic (exact) mass is 338 g/mol. The van der Waals surface area contributed by atoms with Crippen molar-refractivity contribution in [2.24, 2.45) is 0 Å². The topological polar surface area (TPSA) is 17.1 Å². The van der Waals surface area contributed by atoms with Crippen LogP contribution in [0.15, 0.2) is 51.2 Å². The van der Waals surface area contributed by atoms with Gasteiger partial charge in [0.15, 0.2) is 5.78 Å². The van der Waals surface area contributed by atoms with Crippen LogP contribution in [0.5, 0.6) is 0 Å². The molecule has 18 heavy (non-hydrogen) atoms. The van der Waals surface area contributed by atoms with Gasteiger partial charge in [-0.2, -0.15) is 0 Å². The second kappa shape index (κ2) is 6.36. The van der Waals surface area contributed by atoms with Gasteiger partial charge in [-0.05, 0) is 58.1 Å². The molecule has 1 nitrogen and oxygen atoms in total. The van der Waals surface area contributed by atoms with Crippen LogP contribution >= 0.6 is 39.0 Å². The molecule has 0 spiro atoms. The Morgan fingerprint density at radius 3 is 2.50 bits per heavy atom. The van der Waals surface area contributed by atoms with E-state index >= 15 is 0 Å². The van der Waals surface area contributed by atoms with Gasteiger partial charge in [0.2, 0.25) is 0 Å². The molecule has 92 valence electrons. The van der Waals surface area contributed by atoms with E-state index in [1.807, 2.05) is 36.6 Å². The maximum absolute atomic E-state index is 11.9. The minimum atomic E-state index is 0.0413. The number of allylic oxidation sites excluding steroid dienone is 1. The van der Waals surface area contributed by atoms with E-state index in [-0.39, 0.29) is 5.78 Å². The van der Waals surface area contributed by atoms with Gasteiger partial charge in [-0.25, -0.2) is 0 Å². The second-order valence-corrected chi connectivity index (χ2v) is 6.92. The van der Waals surface area contributed by atoms with E-state index < -0.39 is 0 Å². The number of halogens is 1. The van der Waals surface area contributed by atoms with Gasteiger partial charge >= 0.3 is 0 Å². The minimum Gasteiger partial charge on any atom is -0.288 e. The fourth-order valence-electron chi connectivity index (χ4n) is 1.42. The van der Waals surface area contributed by atoms with E-state index in [2.05, 4.69) is 28.1 Å². The summed E-state index contributed by atoms with van der Waals surface area (Å²) in [6.45, 7) is 0. The SMILES string of the molecule is CSc1ccc(/C=C/C(=O)c2ccc(Br)s2)cc1. The molecule has 0 N–H and O–H groups in total. The predicted octanol–water partition coefficient (Wildman–Crippen LogP) is 5.13. The molecule has 1 aromatic heterocycles. The zero-order chi connectivity index (χ0) is 13.0. The summed E-state index contributed by atoms with van der Waals surface area (Å²) >= 11 is 6.51. The molecular formula is C14H11BrOS2. The van der Waals surface area contributed by atoms with E-state index in [0.717, 1.165) is 14.2 Å². The van der Waals surface area contributed by atoms with Crippen molar-refractivity contribution < 1.29 is 4.79 Å². The molecule has 0 unspecified atom stereocenters. The van der Waals surface area contributed by atoms with Gasteiger partial charge in [0.25, 0.3) is 0 Å². The first-order valence-electron chi connectivity index (χ1n) is 5.31. The summed E-state index contributed by atoms with van der Waals surface area (Å²) in [5.74, 6) is 0.0413. The van der Waals surface area contributed by atoms with Crippen molar-refractivity contribution in [1.29, 1.82) is 0 Å². The minimum absolute atomic E-state index is 0.0413. The maximum Gasteiger partial charge on any atom is 0.195 e. The molecule has 0 aliphatic carbocycles. The van der Waals surface area contributed by atoms with Crippen LogP contribution in [0.1, 0.15) is 15.2 Å². The highest BCUT2D eigenvalue weighted by molar-refractivity contribution is 9.11. The fraction of sp³-hybridized carbons (Fsp3) is 0.0714. The highest BCUT2D eigenvalue weighted by atomic mass is 79.9. The molecule has 0 saturated heterocycles. The predicted molar refractivity (Wildman–Crippen MR) is 83.6 cm³/mol. The Hall–Kier alpha value is -0.840. The molecule has 2 rings (SSSR count).